The summed E-state index contributed by atoms with van der Waals surface area (Å²) in [5.41, 5.74) is 0. The molecule has 0 unspecified atom stereocenters. The smallest absolute Gasteiger partial charge is 0.328 e. The van der Waals surface area contributed by atoms with E-state index >= 15 is 0 Å². The molecule has 8 heteroatoms. The number of hydrogen-bond acceptors (Lipinski definition) is 4. The Bertz CT molecular complexity index is 518. The van der Waals surface area contributed by atoms with Crippen LogP contribution in [0.5, 0.6) is 0 Å². The number of halogens is 1. The fourth-order valence-electron chi connectivity index (χ4n) is 1.83. The van der Waals surface area contributed by atoms with Gasteiger partial charge in [-0.25, -0.2) is 0 Å². The van der Waals surface area contributed by atoms with Gasteiger partial charge in [0, 0.05) is 13.1 Å². The summed E-state index contributed by atoms with van der Waals surface area (Å²) in [6, 6.07) is 2.34. The Hall–Kier alpha value is -1.05. The zero-order chi connectivity index (χ0) is 12.5. The van der Waals surface area contributed by atoms with Gasteiger partial charge >= 0.3 is 10.1 Å². The molecule has 1 fully saturated rings. The van der Waals surface area contributed by atoms with E-state index in [1.54, 1.807) is 4.90 Å². The van der Waals surface area contributed by atoms with Crippen LogP contribution < -0.4 is 0 Å². The van der Waals surface area contributed by atoms with E-state index < -0.39 is 15.2 Å². The highest BCUT2D eigenvalue weighted by Gasteiger charge is 2.23. The van der Waals surface area contributed by atoms with Crippen LogP contribution in [0.2, 0.25) is 0 Å². The molecular weight excluding hydrogens is 282 g/mol. The van der Waals surface area contributed by atoms with Crippen molar-refractivity contribution in [2.75, 3.05) is 13.1 Å². The number of rotatable bonds is 2. The zero-order valence-corrected chi connectivity index (χ0v) is 11.2. The first-order valence-corrected chi connectivity index (χ1v) is 6.79. The third kappa shape index (κ3) is 3.24. The van der Waals surface area contributed by atoms with Gasteiger partial charge in [0.15, 0.2) is 5.76 Å². The summed E-state index contributed by atoms with van der Waals surface area (Å²) in [6.45, 7) is 1.31. The van der Waals surface area contributed by atoms with E-state index in [0.29, 0.717) is 13.1 Å². The zero-order valence-electron chi connectivity index (χ0n) is 9.53. The fraction of sp³-hybridized carbons (Fsp3) is 0.500. The highest BCUT2D eigenvalue weighted by molar-refractivity contribution is 7.85. The van der Waals surface area contributed by atoms with Gasteiger partial charge in [0.05, 0.1) is 0 Å². The van der Waals surface area contributed by atoms with Gasteiger partial charge in [0.1, 0.15) is 0 Å². The Morgan fingerprint density at radius 3 is 2.33 bits per heavy atom. The lowest BCUT2D eigenvalue weighted by atomic mass is 10.1. The third-order valence-corrected chi connectivity index (χ3v) is 3.42. The molecule has 0 aromatic carbocycles. The second-order valence-electron chi connectivity index (χ2n) is 3.95. The standard InChI is InChI=1S/C10H13NO5S.ClH/c12-10(11-6-2-1-3-7-11)8-4-5-9(16-8)17(13,14)15;/h4-5H,1-3,6-7H2,(H,13,14,15);1H. The summed E-state index contributed by atoms with van der Waals surface area (Å²) in [5.74, 6) is -0.390. The van der Waals surface area contributed by atoms with Gasteiger partial charge in [-0.2, -0.15) is 8.42 Å². The van der Waals surface area contributed by atoms with E-state index in [0.717, 1.165) is 25.3 Å². The molecule has 2 rings (SSSR count). The SMILES string of the molecule is Cl.O=C(c1ccc(S(=O)(=O)O)o1)N1CCCCC1. The summed E-state index contributed by atoms with van der Waals surface area (Å²) in [4.78, 5) is 13.5. The molecule has 0 aliphatic carbocycles. The first-order valence-electron chi connectivity index (χ1n) is 5.35. The Labute approximate surface area is 111 Å². The molecule has 1 aliphatic rings. The summed E-state index contributed by atoms with van der Waals surface area (Å²) >= 11 is 0. The van der Waals surface area contributed by atoms with Gasteiger partial charge in [-0.1, -0.05) is 0 Å². The Morgan fingerprint density at radius 2 is 1.83 bits per heavy atom. The molecule has 1 N–H and O–H groups in total. The molecule has 0 spiro atoms. The first kappa shape index (κ1) is 15.0. The first-order chi connectivity index (χ1) is 7.98. The minimum absolute atomic E-state index is 0. The van der Waals surface area contributed by atoms with Crippen LogP contribution in [0.3, 0.4) is 0 Å². The van der Waals surface area contributed by atoms with Gasteiger partial charge < -0.3 is 9.32 Å². The minimum atomic E-state index is -4.38. The number of furan rings is 1. The van der Waals surface area contributed by atoms with Crippen molar-refractivity contribution < 1.29 is 22.2 Å². The highest BCUT2D eigenvalue weighted by atomic mass is 35.5. The molecule has 1 aromatic rings. The summed E-state index contributed by atoms with van der Waals surface area (Å²) < 4.78 is 35.1. The Balaban J connectivity index is 0.00000162. The molecule has 18 heavy (non-hydrogen) atoms. The maximum Gasteiger partial charge on any atom is 0.328 e. The number of carbonyl (C=O) groups is 1. The maximum absolute atomic E-state index is 11.9. The quantitative estimate of drug-likeness (QED) is 0.837. The van der Waals surface area contributed by atoms with Crippen molar-refractivity contribution in [2.24, 2.45) is 0 Å². The molecule has 102 valence electrons. The number of likely N-dealkylation sites (tertiary alicyclic amines) is 1. The van der Waals surface area contributed by atoms with E-state index in [2.05, 4.69) is 0 Å². The molecule has 1 saturated heterocycles. The summed E-state index contributed by atoms with van der Waals surface area (Å²) in [6.07, 6.45) is 2.98. The van der Waals surface area contributed by atoms with Crippen LogP contribution in [0.25, 0.3) is 0 Å². The summed E-state index contributed by atoms with van der Waals surface area (Å²) in [7, 11) is -4.38. The molecule has 6 nitrogen and oxygen atoms in total. The van der Waals surface area contributed by atoms with Crippen LogP contribution in [0, 0.1) is 0 Å². The predicted octanol–water partition coefficient (Wildman–Crippen LogP) is 1.57. The molecule has 1 amide bonds. The fourth-order valence-corrected chi connectivity index (χ4v) is 2.26. The topological polar surface area (TPSA) is 87.8 Å². The molecule has 0 bridgehead atoms. The Morgan fingerprint density at radius 1 is 1.22 bits per heavy atom. The number of piperidine rings is 1. The lowest BCUT2D eigenvalue weighted by Crippen LogP contribution is -2.35. The minimum Gasteiger partial charge on any atom is -0.437 e. The van der Waals surface area contributed by atoms with Crippen LogP contribution in [0.1, 0.15) is 29.8 Å². The molecule has 0 saturated carbocycles. The van der Waals surface area contributed by atoms with Gasteiger partial charge in [-0.3, -0.25) is 9.35 Å². The van der Waals surface area contributed by atoms with E-state index in [9.17, 15) is 13.2 Å². The number of hydrogen-bond donors (Lipinski definition) is 1. The van der Waals surface area contributed by atoms with Gasteiger partial charge in [-0.05, 0) is 31.4 Å². The third-order valence-electron chi connectivity index (χ3n) is 2.69. The average molecular weight is 296 g/mol. The van der Waals surface area contributed by atoms with Crippen molar-refractivity contribution in [1.29, 1.82) is 0 Å². The normalized spacial score (nSPS) is 16.2. The van der Waals surface area contributed by atoms with E-state index in [1.165, 1.54) is 6.07 Å². The number of nitrogens with zero attached hydrogens (tertiary/aromatic N) is 1. The van der Waals surface area contributed by atoms with Crippen molar-refractivity contribution in [3.8, 4) is 0 Å². The maximum atomic E-state index is 11.9. The van der Waals surface area contributed by atoms with E-state index in [-0.39, 0.29) is 24.1 Å². The average Bonchev–Trinajstić information content (AvgIpc) is 2.78. The molecule has 0 atom stereocenters. The van der Waals surface area contributed by atoms with Crippen molar-refractivity contribution in [1.82, 2.24) is 4.90 Å². The van der Waals surface area contributed by atoms with Crippen LogP contribution in [-0.2, 0) is 10.1 Å². The molecular formula is C10H14ClNO5S. The predicted molar refractivity (Wildman–Crippen MR) is 65.5 cm³/mol. The summed E-state index contributed by atoms with van der Waals surface area (Å²) in [5, 5.41) is -0.599. The van der Waals surface area contributed by atoms with Crippen molar-refractivity contribution in [3.05, 3.63) is 17.9 Å². The number of carbonyl (C=O) groups excluding carboxylic acids is 1. The second kappa shape index (κ2) is 5.73. The van der Waals surface area contributed by atoms with Crippen molar-refractivity contribution in [2.45, 2.75) is 24.4 Å². The van der Waals surface area contributed by atoms with Gasteiger partial charge in [0.25, 0.3) is 5.91 Å². The largest absolute Gasteiger partial charge is 0.437 e. The van der Waals surface area contributed by atoms with Gasteiger partial charge in [0.2, 0.25) is 5.09 Å². The highest BCUT2D eigenvalue weighted by Crippen LogP contribution is 2.17. The van der Waals surface area contributed by atoms with Crippen LogP contribution >= 0.6 is 12.4 Å². The second-order valence-corrected chi connectivity index (χ2v) is 5.30. The molecule has 2 heterocycles. The van der Waals surface area contributed by atoms with E-state index in [4.69, 9.17) is 8.97 Å². The van der Waals surface area contributed by atoms with Gasteiger partial charge in [-0.15, -0.1) is 12.4 Å². The lowest BCUT2D eigenvalue weighted by Gasteiger charge is -2.25. The van der Waals surface area contributed by atoms with Crippen LogP contribution in [0.4, 0.5) is 0 Å². The molecule has 1 aromatic heterocycles. The lowest BCUT2D eigenvalue weighted by molar-refractivity contribution is 0.0686. The van der Waals surface area contributed by atoms with Crippen molar-refractivity contribution in [3.63, 3.8) is 0 Å². The Kier molecular flexibility index (Phi) is 4.78. The molecule has 1 aliphatic heterocycles. The van der Waals surface area contributed by atoms with Crippen LogP contribution in [0.15, 0.2) is 21.6 Å². The van der Waals surface area contributed by atoms with E-state index in [1.807, 2.05) is 0 Å². The number of amides is 1. The molecule has 0 radical (unpaired) electrons. The monoisotopic (exact) mass is 295 g/mol. The van der Waals surface area contributed by atoms with Crippen LogP contribution in [-0.4, -0.2) is 36.9 Å². The van der Waals surface area contributed by atoms with Crippen molar-refractivity contribution >= 4 is 28.4 Å².